The van der Waals surface area contributed by atoms with Gasteiger partial charge >= 0.3 is 5.69 Å². The highest BCUT2D eigenvalue weighted by atomic mass is 16.3. The smallest absolute Gasteiger partial charge is 0.334 e. The molecule has 1 saturated carbocycles. The fourth-order valence-corrected chi connectivity index (χ4v) is 5.91. The second kappa shape index (κ2) is 8.30. The lowest BCUT2D eigenvalue weighted by Gasteiger charge is -2.39. The highest BCUT2D eigenvalue weighted by Gasteiger charge is 2.42. The summed E-state index contributed by atoms with van der Waals surface area (Å²) in [6.45, 7) is 3.02. The Labute approximate surface area is 200 Å². The molecule has 0 radical (unpaired) electrons. The summed E-state index contributed by atoms with van der Waals surface area (Å²) in [6.07, 6.45) is 8.46. The average Bonchev–Trinajstić information content (AvgIpc) is 3.54. The molecule has 1 aliphatic heterocycles. The van der Waals surface area contributed by atoms with Crippen LogP contribution in [0.3, 0.4) is 0 Å². The van der Waals surface area contributed by atoms with E-state index >= 15 is 0 Å². The van der Waals surface area contributed by atoms with E-state index in [4.69, 9.17) is 4.42 Å². The number of hydrogen-bond donors (Lipinski definition) is 2. The zero-order valence-electron chi connectivity index (χ0n) is 19.3. The fourth-order valence-electron chi connectivity index (χ4n) is 5.91. The molecule has 2 atom stereocenters. The third-order valence-electron chi connectivity index (χ3n) is 7.40. The van der Waals surface area contributed by atoms with Crippen LogP contribution in [0.4, 0.5) is 5.69 Å². The fraction of sp³-hybridized carbons (Fsp3) is 0.360. The number of nitrogens with zero attached hydrogens (tertiary/aromatic N) is 4. The van der Waals surface area contributed by atoms with E-state index in [1.54, 1.807) is 36.9 Å². The molecule has 180 valence electrons. The van der Waals surface area contributed by atoms with E-state index in [0.717, 1.165) is 32.4 Å². The van der Waals surface area contributed by atoms with Gasteiger partial charge < -0.3 is 14.7 Å². The number of imidazole rings is 1. The Balaban J connectivity index is 1.43. The molecule has 35 heavy (non-hydrogen) atoms. The van der Waals surface area contributed by atoms with Crippen molar-refractivity contribution in [1.29, 1.82) is 0 Å². The molecule has 1 saturated heterocycles. The van der Waals surface area contributed by atoms with Crippen molar-refractivity contribution in [1.82, 2.24) is 19.2 Å². The third kappa shape index (κ3) is 3.65. The zero-order valence-corrected chi connectivity index (χ0v) is 19.3. The van der Waals surface area contributed by atoms with Crippen LogP contribution in [-0.4, -0.2) is 38.2 Å². The van der Waals surface area contributed by atoms with Gasteiger partial charge in [-0.3, -0.25) is 14.6 Å². The molecule has 1 amide bonds. The van der Waals surface area contributed by atoms with Crippen LogP contribution < -0.4 is 21.6 Å². The first-order chi connectivity index (χ1) is 17.0. The second-order valence-corrected chi connectivity index (χ2v) is 9.52. The topological polar surface area (TPSA) is 118 Å². The number of nitrogens with one attached hydrogen (secondary N) is 2. The second-order valence-electron chi connectivity index (χ2n) is 9.52. The van der Waals surface area contributed by atoms with Crippen LogP contribution >= 0.6 is 0 Å². The number of hydrogen-bond acceptors (Lipinski definition) is 6. The van der Waals surface area contributed by atoms with E-state index in [1.807, 2.05) is 17.0 Å². The van der Waals surface area contributed by atoms with Crippen molar-refractivity contribution in [2.45, 2.75) is 26.2 Å². The van der Waals surface area contributed by atoms with Crippen molar-refractivity contribution < 1.29 is 9.21 Å². The number of amides is 1. The lowest BCUT2D eigenvalue weighted by Crippen LogP contribution is -2.48. The summed E-state index contributed by atoms with van der Waals surface area (Å²) < 4.78 is 8.54. The molecule has 1 aliphatic carbocycles. The molecule has 4 heterocycles. The monoisotopic (exact) mass is 474 g/mol. The molecule has 4 aromatic rings. The maximum absolute atomic E-state index is 13.1. The van der Waals surface area contributed by atoms with Crippen LogP contribution in [0.1, 0.15) is 25.3 Å². The molecule has 2 unspecified atom stereocenters. The summed E-state index contributed by atoms with van der Waals surface area (Å²) in [5.41, 5.74) is 1.62. The number of furan rings is 1. The van der Waals surface area contributed by atoms with Gasteiger partial charge in [0.15, 0.2) is 11.2 Å². The van der Waals surface area contributed by atoms with Gasteiger partial charge in [-0.15, -0.1) is 0 Å². The first-order valence-electron chi connectivity index (χ1n) is 11.9. The maximum Gasteiger partial charge on any atom is 0.334 e. The molecule has 10 nitrogen and oxygen atoms in total. The quantitative estimate of drug-likeness (QED) is 0.458. The normalized spacial score (nSPS) is 21.5. The van der Waals surface area contributed by atoms with Crippen LogP contribution in [-0.2, 0) is 11.2 Å². The summed E-state index contributed by atoms with van der Waals surface area (Å²) in [6, 6.07) is 9.06. The molecule has 2 fully saturated rings. The number of anilines is 1. The van der Waals surface area contributed by atoms with E-state index in [0.29, 0.717) is 34.8 Å². The minimum atomic E-state index is -0.583. The minimum absolute atomic E-state index is 0.176. The molecule has 1 aromatic carbocycles. The number of H-pyrrole nitrogens is 1. The van der Waals surface area contributed by atoms with Crippen molar-refractivity contribution in [2.75, 3.05) is 23.4 Å². The molecular formula is C25H26N6O4. The summed E-state index contributed by atoms with van der Waals surface area (Å²) in [4.78, 5) is 44.3. The molecule has 6 rings (SSSR count). The van der Waals surface area contributed by atoms with E-state index in [-0.39, 0.29) is 11.4 Å². The Bertz CT molecular complexity index is 1500. The molecular weight excluding hydrogens is 448 g/mol. The van der Waals surface area contributed by atoms with Gasteiger partial charge in [0.05, 0.1) is 23.9 Å². The zero-order chi connectivity index (χ0) is 24.1. The van der Waals surface area contributed by atoms with Gasteiger partial charge in [0, 0.05) is 20.0 Å². The lowest BCUT2D eigenvalue weighted by atomic mass is 9.82. The number of carbonyl (C=O) groups excluding carboxylic acids is 1. The highest BCUT2D eigenvalue weighted by molar-refractivity contribution is 5.91. The average molecular weight is 475 g/mol. The lowest BCUT2D eigenvalue weighted by molar-refractivity contribution is -0.114. The van der Waals surface area contributed by atoms with Gasteiger partial charge in [-0.2, -0.15) is 0 Å². The van der Waals surface area contributed by atoms with E-state index in [9.17, 15) is 14.4 Å². The summed E-state index contributed by atoms with van der Waals surface area (Å²) in [5, 5.41) is 4.97. The van der Waals surface area contributed by atoms with Crippen LogP contribution in [0.25, 0.3) is 16.9 Å². The Morgan fingerprint density at radius 2 is 1.94 bits per heavy atom. The van der Waals surface area contributed by atoms with Gasteiger partial charge in [-0.25, -0.2) is 19.0 Å². The number of aromatic nitrogens is 4. The van der Waals surface area contributed by atoms with Crippen molar-refractivity contribution in [3.05, 3.63) is 75.6 Å². The van der Waals surface area contributed by atoms with Gasteiger partial charge in [0.25, 0.3) is 5.56 Å². The molecule has 3 aromatic heterocycles. The van der Waals surface area contributed by atoms with Crippen molar-refractivity contribution in [2.24, 2.45) is 17.8 Å². The Hall–Kier alpha value is -4.08. The number of rotatable bonds is 5. The largest absolute Gasteiger partial charge is 0.472 e. The number of piperidine rings is 1. The SMILES string of the molecule is CC(=O)Nc1ccccc1-n1c(=O)[nH]c(=O)c2ncn(N3CC4CCC(C3)C4Cc3ccoc3)c21. The number of aromatic amines is 1. The van der Waals surface area contributed by atoms with Gasteiger partial charge in [-0.1, -0.05) is 12.1 Å². The van der Waals surface area contributed by atoms with Crippen LogP contribution in [0.5, 0.6) is 0 Å². The van der Waals surface area contributed by atoms with Crippen LogP contribution in [0, 0.1) is 17.8 Å². The molecule has 10 heteroatoms. The number of para-hydroxylation sites is 2. The van der Waals surface area contributed by atoms with Crippen LogP contribution in [0.2, 0.25) is 0 Å². The molecule has 0 spiro atoms. The minimum Gasteiger partial charge on any atom is -0.472 e. The van der Waals surface area contributed by atoms with Crippen molar-refractivity contribution >= 4 is 22.8 Å². The standard InChI is InChI=1S/C25H26N6O4/c1-15(32)27-20-4-2-3-5-21(20)31-24-22(23(33)28-25(31)34)26-14-30(24)29-11-17-6-7-18(12-29)19(17)10-16-8-9-35-13-16/h2-5,8-9,13-14,17-19H,6-7,10-12H2,1H3,(H,27,32)(H,28,33,34). The maximum atomic E-state index is 13.1. The van der Waals surface area contributed by atoms with Gasteiger partial charge in [0.1, 0.15) is 6.33 Å². The van der Waals surface area contributed by atoms with E-state index < -0.39 is 11.2 Å². The molecule has 2 bridgehead atoms. The first-order valence-corrected chi connectivity index (χ1v) is 11.9. The first kappa shape index (κ1) is 21.5. The van der Waals surface area contributed by atoms with Crippen molar-refractivity contribution in [3.8, 4) is 5.69 Å². The Morgan fingerprint density at radius 3 is 2.66 bits per heavy atom. The van der Waals surface area contributed by atoms with Crippen molar-refractivity contribution in [3.63, 3.8) is 0 Å². The molecule has 2 aliphatic rings. The number of carbonyl (C=O) groups is 1. The third-order valence-corrected chi connectivity index (χ3v) is 7.40. The summed E-state index contributed by atoms with van der Waals surface area (Å²) >= 11 is 0. The number of benzene rings is 1. The summed E-state index contributed by atoms with van der Waals surface area (Å²) in [7, 11) is 0. The van der Waals surface area contributed by atoms with Crippen LogP contribution in [0.15, 0.2) is 63.2 Å². The van der Waals surface area contributed by atoms with E-state index in [1.165, 1.54) is 17.1 Å². The van der Waals surface area contributed by atoms with Gasteiger partial charge in [0.2, 0.25) is 5.91 Å². The highest BCUT2D eigenvalue weighted by Crippen LogP contribution is 2.43. The number of fused-ring (bicyclic) bond motifs is 3. The predicted molar refractivity (Wildman–Crippen MR) is 130 cm³/mol. The Morgan fingerprint density at radius 1 is 1.17 bits per heavy atom. The molecule has 2 N–H and O–H groups in total. The Kier molecular flexibility index (Phi) is 5.09. The van der Waals surface area contributed by atoms with Gasteiger partial charge in [-0.05, 0) is 60.8 Å². The predicted octanol–water partition coefficient (Wildman–Crippen LogP) is 2.26. The van der Waals surface area contributed by atoms with E-state index in [2.05, 4.69) is 20.3 Å². The summed E-state index contributed by atoms with van der Waals surface area (Å²) in [5.74, 6) is 1.31.